The molecule has 21 heavy (non-hydrogen) atoms. The number of carboxylic acid groups (broad SMARTS) is 1. The van der Waals surface area contributed by atoms with E-state index in [2.05, 4.69) is 20.6 Å². The van der Waals surface area contributed by atoms with Gasteiger partial charge in [-0.05, 0) is 6.07 Å². The predicted molar refractivity (Wildman–Crippen MR) is 75.1 cm³/mol. The maximum absolute atomic E-state index is 11.7. The Balaban J connectivity index is 1.83. The van der Waals surface area contributed by atoms with Crippen LogP contribution in [-0.4, -0.2) is 38.2 Å². The van der Waals surface area contributed by atoms with Crippen molar-refractivity contribution < 1.29 is 14.7 Å². The third-order valence-corrected chi connectivity index (χ3v) is 2.80. The summed E-state index contributed by atoms with van der Waals surface area (Å²) in [6.45, 7) is 0.419. The van der Waals surface area contributed by atoms with E-state index in [4.69, 9.17) is 5.11 Å². The van der Waals surface area contributed by atoms with Gasteiger partial charge in [0.05, 0.1) is 17.4 Å². The molecule has 0 atom stereocenters. The third kappa shape index (κ3) is 4.03. The Morgan fingerprint density at radius 2 is 2.19 bits per heavy atom. The fourth-order valence-corrected chi connectivity index (χ4v) is 1.73. The number of carboxylic acids is 1. The Morgan fingerprint density at radius 1 is 1.38 bits per heavy atom. The molecule has 0 aliphatic rings. The van der Waals surface area contributed by atoms with Crippen molar-refractivity contribution in [1.82, 2.24) is 19.9 Å². The van der Waals surface area contributed by atoms with Crippen LogP contribution in [0.5, 0.6) is 0 Å². The number of carbonyl (C=O) groups excluding carboxylic acids is 1. The largest absolute Gasteiger partial charge is 0.478 e. The highest BCUT2D eigenvalue weighted by atomic mass is 16.4. The van der Waals surface area contributed by atoms with Gasteiger partial charge in [-0.2, -0.15) is 0 Å². The molecule has 2 aromatic rings. The molecule has 0 radical (unpaired) electrons. The monoisotopic (exact) mass is 289 g/mol. The summed E-state index contributed by atoms with van der Waals surface area (Å²) in [5.74, 6) is -0.230. The van der Waals surface area contributed by atoms with Crippen LogP contribution in [0, 0.1) is 0 Å². The number of hydrogen-bond acceptors (Lipinski definition) is 4. The summed E-state index contributed by atoms with van der Waals surface area (Å²) in [4.78, 5) is 30.4. The van der Waals surface area contributed by atoms with Gasteiger partial charge in [0.2, 0.25) is 0 Å². The zero-order valence-corrected chi connectivity index (χ0v) is 11.4. The van der Waals surface area contributed by atoms with Crippen LogP contribution in [0.1, 0.15) is 16.2 Å². The van der Waals surface area contributed by atoms with Gasteiger partial charge in [0.15, 0.2) is 0 Å². The fraction of sp³-hybridized carbons (Fsp3) is 0.231. The molecule has 0 aliphatic carbocycles. The van der Waals surface area contributed by atoms with Gasteiger partial charge in [0.1, 0.15) is 5.82 Å². The first-order valence-electron chi connectivity index (χ1n) is 6.25. The Hall–Kier alpha value is -2.90. The standard InChI is InChI=1S/C13H15N5O3/c1-18-5-4-15-11(18)2-3-16-13(21)17-10-6-9(12(19)20)7-14-8-10/h4-8H,2-3H2,1H3,(H,19,20)(H2,16,17,21). The second-order valence-electron chi connectivity index (χ2n) is 4.35. The van der Waals surface area contributed by atoms with Crippen LogP contribution in [-0.2, 0) is 13.5 Å². The quantitative estimate of drug-likeness (QED) is 0.757. The van der Waals surface area contributed by atoms with Gasteiger partial charge in [0, 0.05) is 38.6 Å². The van der Waals surface area contributed by atoms with Crippen molar-refractivity contribution in [2.75, 3.05) is 11.9 Å². The average molecular weight is 289 g/mol. The molecule has 110 valence electrons. The van der Waals surface area contributed by atoms with Crippen molar-refractivity contribution in [3.8, 4) is 0 Å². The van der Waals surface area contributed by atoms with Crippen molar-refractivity contribution in [3.63, 3.8) is 0 Å². The van der Waals surface area contributed by atoms with E-state index in [1.165, 1.54) is 18.5 Å². The number of anilines is 1. The summed E-state index contributed by atoms with van der Waals surface area (Å²) in [6.07, 6.45) is 6.72. The lowest BCUT2D eigenvalue weighted by atomic mass is 10.2. The van der Waals surface area contributed by atoms with Crippen LogP contribution in [0.4, 0.5) is 10.5 Å². The molecule has 8 nitrogen and oxygen atoms in total. The molecule has 2 rings (SSSR count). The molecule has 8 heteroatoms. The summed E-state index contributed by atoms with van der Waals surface area (Å²) in [6, 6.07) is 0.918. The maximum Gasteiger partial charge on any atom is 0.337 e. The molecule has 0 aliphatic heterocycles. The van der Waals surface area contributed by atoms with E-state index >= 15 is 0 Å². The minimum Gasteiger partial charge on any atom is -0.478 e. The third-order valence-electron chi connectivity index (χ3n) is 2.80. The second kappa shape index (κ2) is 6.51. The number of aromatic nitrogens is 3. The molecular weight excluding hydrogens is 274 g/mol. The van der Waals surface area contributed by atoms with Crippen molar-refractivity contribution in [2.24, 2.45) is 7.05 Å². The van der Waals surface area contributed by atoms with Crippen LogP contribution in [0.2, 0.25) is 0 Å². The van der Waals surface area contributed by atoms with E-state index in [0.29, 0.717) is 18.7 Å². The van der Waals surface area contributed by atoms with E-state index < -0.39 is 12.0 Å². The van der Waals surface area contributed by atoms with Gasteiger partial charge in [-0.15, -0.1) is 0 Å². The molecule has 0 fully saturated rings. The average Bonchev–Trinajstić information content (AvgIpc) is 2.85. The molecule has 2 heterocycles. The molecule has 0 saturated carbocycles. The summed E-state index contributed by atoms with van der Waals surface area (Å²) in [5, 5.41) is 14.0. The highest BCUT2D eigenvalue weighted by Crippen LogP contribution is 2.08. The summed E-state index contributed by atoms with van der Waals surface area (Å²) in [7, 11) is 1.88. The van der Waals surface area contributed by atoms with Crippen LogP contribution < -0.4 is 10.6 Å². The molecule has 0 bridgehead atoms. The van der Waals surface area contributed by atoms with Gasteiger partial charge in [-0.1, -0.05) is 0 Å². The molecule has 0 spiro atoms. The van der Waals surface area contributed by atoms with Crippen molar-refractivity contribution in [1.29, 1.82) is 0 Å². The summed E-state index contributed by atoms with van der Waals surface area (Å²) < 4.78 is 1.87. The SMILES string of the molecule is Cn1ccnc1CCNC(=O)Nc1cncc(C(=O)O)c1. The number of nitrogens with one attached hydrogen (secondary N) is 2. The Bertz CT molecular complexity index is 653. The number of nitrogens with zero attached hydrogens (tertiary/aromatic N) is 3. The van der Waals surface area contributed by atoms with E-state index in [1.807, 2.05) is 17.8 Å². The number of imidazole rings is 1. The first-order chi connectivity index (χ1) is 10.1. The number of rotatable bonds is 5. The predicted octanol–water partition coefficient (Wildman–Crippen LogP) is 0.877. The van der Waals surface area contributed by atoms with Crippen LogP contribution >= 0.6 is 0 Å². The molecule has 2 aromatic heterocycles. The van der Waals surface area contributed by atoms with E-state index in [0.717, 1.165) is 5.82 Å². The number of urea groups is 1. The molecule has 2 amide bonds. The van der Waals surface area contributed by atoms with E-state index in [9.17, 15) is 9.59 Å². The lowest BCUT2D eigenvalue weighted by Gasteiger charge is -2.07. The number of pyridine rings is 1. The number of aryl methyl sites for hydroxylation is 1. The minimum absolute atomic E-state index is 0.0146. The van der Waals surface area contributed by atoms with Crippen molar-refractivity contribution >= 4 is 17.7 Å². The van der Waals surface area contributed by atoms with E-state index in [-0.39, 0.29) is 5.56 Å². The Morgan fingerprint density at radius 3 is 2.86 bits per heavy atom. The Labute approximate surface area is 120 Å². The smallest absolute Gasteiger partial charge is 0.337 e. The molecule has 0 unspecified atom stereocenters. The van der Waals surface area contributed by atoms with Crippen LogP contribution in [0.3, 0.4) is 0 Å². The lowest BCUT2D eigenvalue weighted by molar-refractivity contribution is 0.0696. The first kappa shape index (κ1) is 14.5. The normalized spacial score (nSPS) is 10.1. The molecule has 3 N–H and O–H groups in total. The Kier molecular flexibility index (Phi) is 4.50. The highest BCUT2D eigenvalue weighted by Gasteiger charge is 2.07. The first-order valence-corrected chi connectivity index (χ1v) is 6.25. The fourth-order valence-electron chi connectivity index (χ4n) is 1.73. The topological polar surface area (TPSA) is 109 Å². The number of amides is 2. The molecule has 0 aromatic carbocycles. The van der Waals surface area contributed by atoms with Gasteiger partial charge >= 0.3 is 12.0 Å². The van der Waals surface area contributed by atoms with Crippen LogP contribution in [0.25, 0.3) is 0 Å². The van der Waals surface area contributed by atoms with Crippen molar-refractivity contribution in [3.05, 3.63) is 42.2 Å². The zero-order valence-electron chi connectivity index (χ0n) is 11.4. The number of hydrogen-bond donors (Lipinski definition) is 3. The van der Waals surface area contributed by atoms with Gasteiger partial charge in [-0.25, -0.2) is 14.6 Å². The van der Waals surface area contributed by atoms with Crippen molar-refractivity contribution in [2.45, 2.75) is 6.42 Å². The van der Waals surface area contributed by atoms with Crippen LogP contribution in [0.15, 0.2) is 30.9 Å². The molecule has 0 saturated heterocycles. The summed E-state index contributed by atoms with van der Waals surface area (Å²) >= 11 is 0. The minimum atomic E-state index is -1.10. The zero-order chi connectivity index (χ0) is 15.2. The maximum atomic E-state index is 11.7. The number of aromatic carboxylic acids is 1. The van der Waals surface area contributed by atoms with Gasteiger partial charge in [-0.3, -0.25) is 4.98 Å². The van der Waals surface area contributed by atoms with Gasteiger partial charge in [0.25, 0.3) is 0 Å². The second-order valence-corrected chi connectivity index (χ2v) is 4.35. The van der Waals surface area contributed by atoms with Gasteiger partial charge < -0.3 is 20.3 Å². The molecular formula is C13H15N5O3. The number of carbonyl (C=O) groups is 2. The van der Waals surface area contributed by atoms with E-state index in [1.54, 1.807) is 6.20 Å². The highest BCUT2D eigenvalue weighted by molar-refractivity contribution is 5.92. The summed E-state index contributed by atoms with van der Waals surface area (Å²) in [5.41, 5.74) is 0.338. The lowest BCUT2D eigenvalue weighted by Crippen LogP contribution is -2.31.